The van der Waals surface area contributed by atoms with Gasteiger partial charge >= 0.3 is 0 Å². The number of hydrogen-bond acceptors (Lipinski definition) is 4. The lowest BCUT2D eigenvalue weighted by molar-refractivity contribution is 0.0759. The fraction of sp³-hybridized carbons (Fsp3) is 0.130. The molecule has 150 valence electrons. The Labute approximate surface area is 173 Å². The molecule has 1 atom stereocenters. The molecule has 0 radical (unpaired) electrons. The Morgan fingerprint density at radius 1 is 1.03 bits per heavy atom. The van der Waals surface area contributed by atoms with Gasteiger partial charge in [0.05, 0.1) is 18.4 Å². The van der Waals surface area contributed by atoms with Gasteiger partial charge in [-0.25, -0.2) is 0 Å². The zero-order valence-electron chi connectivity index (χ0n) is 16.1. The number of aromatic nitrogens is 3. The standard InChI is InChI=1S/C23H20N4O3/c28-23(17-7-9-19(10-8-17)26-11-3-4-12-26)25-18-13-24-27(14-18)15-20-16-29-21-5-1-2-6-22(21)30-20/h1-14,20H,15-16H2,(H,25,28)/t20-/m0/s1. The van der Waals surface area contributed by atoms with Crippen molar-refractivity contribution in [3.8, 4) is 17.2 Å². The number of nitrogens with zero attached hydrogens (tertiary/aromatic N) is 3. The number of carbonyl (C=O) groups excluding carboxylic acids is 1. The normalized spacial score (nSPS) is 15.0. The van der Waals surface area contributed by atoms with Gasteiger partial charge in [-0.1, -0.05) is 12.1 Å². The first-order valence-electron chi connectivity index (χ1n) is 9.70. The lowest BCUT2D eigenvalue weighted by atomic mass is 10.2. The van der Waals surface area contributed by atoms with Crippen LogP contribution in [0.25, 0.3) is 5.69 Å². The molecule has 5 rings (SSSR count). The topological polar surface area (TPSA) is 70.3 Å². The monoisotopic (exact) mass is 400 g/mol. The fourth-order valence-corrected chi connectivity index (χ4v) is 3.38. The number of carbonyl (C=O) groups is 1. The highest BCUT2D eigenvalue weighted by Crippen LogP contribution is 2.31. The number of fused-ring (bicyclic) bond motifs is 1. The molecule has 4 aromatic rings. The summed E-state index contributed by atoms with van der Waals surface area (Å²) >= 11 is 0. The van der Waals surface area contributed by atoms with E-state index in [1.165, 1.54) is 0 Å². The number of ether oxygens (including phenoxy) is 2. The summed E-state index contributed by atoms with van der Waals surface area (Å²) in [4.78, 5) is 12.5. The number of rotatable bonds is 5. The van der Waals surface area contributed by atoms with E-state index >= 15 is 0 Å². The van der Waals surface area contributed by atoms with E-state index in [1.54, 1.807) is 29.2 Å². The van der Waals surface area contributed by atoms with Gasteiger partial charge < -0.3 is 19.4 Å². The summed E-state index contributed by atoms with van der Waals surface area (Å²) in [6.45, 7) is 0.974. The van der Waals surface area contributed by atoms with Gasteiger partial charge in [-0.2, -0.15) is 5.10 Å². The summed E-state index contributed by atoms with van der Waals surface area (Å²) in [7, 11) is 0. The minimum absolute atomic E-state index is 0.149. The molecule has 0 bridgehead atoms. The Kier molecular flexibility index (Phi) is 4.69. The van der Waals surface area contributed by atoms with E-state index < -0.39 is 0 Å². The number of hydrogen-bond donors (Lipinski definition) is 1. The van der Waals surface area contributed by atoms with Crippen molar-refractivity contribution in [2.75, 3.05) is 11.9 Å². The SMILES string of the molecule is O=C(Nc1cnn(C[C@H]2COc3ccccc3O2)c1)c1ccc(-n2cccc2)cc1. The maximum atomic E-state index is 12.5. The van der Waals surface area contributed by atoms with Gasteiger partial charge in [0.2, 0.25) is 0 Å². The Bertz CT molecular complexity index is 1150. The summed E-state index contributed by atoms with van der Waals surface area (Å²) in [6.07, 6.45) is 7.19. The van der Waals surface area contributed by atoms with Crippen molar-refractivity contribution >= 4 is 11.6 Å². The summed E-state index contributed by atoms with van der Waals surface area (Å²) in [6, 6.07) is 19.0. The van der Waals surface area contributed by atoms with Crippen LogP contribution in [0, 0.1) is 0 Å². The zero-order valence-corrected chi connectivity index (χ0v) is 16.1. The molecule has 0 saturated heterocycles. The van der Waals surface area contributed by atoms with E-state index in [0.29, 0.717) is 24.4 Å². The minimum atomic E-state index is -0.181. The molecule has 0 aliphatic carbocycles. The smallest absolute Gasteiger partial charge is 0.255 e. The van der Waals surface area contributed by atoms with Crippen molar-refractivity contribution in [3.63, 3.8) is 0 Å². The van der Waals surface area contributed by atoms with Crippen molar-refractivity contribution in [2.24, 2.45) is 0 Å². The molecule has 0 spiro atoms. The van der Waals surface area contributed by atoms with Gasteiger partial charge in [-0.15, -0.1) is 0 Å². The molecular formula is C23H20N4O3. The van der Waals surface area contributed by atoms with Crippen LogP contribution >= 0.6 is 0 Å². The van der Waals surface area contributed by atoms with Crippen molar-refractivity contribution in [1.29, 1.82) is 0 Å². The molecule has 7 nitrogen and oxygen atoms in total. The molecule has 0 fully saturated rings. The Hall–Kier alpha value is -4.00. The van der Waals surface area contributed by atoms with Crippen LogP contribution in [-0.2, 0) is 6.54 Å². The van der Waals surface area contributed by atoms with Crippen LogP contribution in [0.1, 0.15) is 10.4 Å². The average molecular weight is 400 g/mol. The maximum Gasteiger partial charge on any atom is 0.255 e. The molecule has 3 heterocycles. The summed E-state index contributed by atoms with van der Waals surface area (Å²) in [5.41, 5.74) is 2.21. The van der Waals surface area contributed by atoms with Gasteiger partial charge in [-0.3, -0.25) is 9.48 Å². The van der Waals surface area contributed by atoms with E-state index in [9.17, 15) is 4.79 Å². The van der Waals surface area contributed by atoms with Crippen molar-refractivity contribution < 1.29 is 14.3 Å². The highest BCUT2D eigenvalue weighted by Gasteiger charge is 2.21. The van der Waals surface area contributed by atoms with Crippen LogP contribution in [0.4, 0.5) is 5.69 Å². The first kappa shape index (κ1) is 18.1. The molecule has 1 aliphatic rings. The van der Waals surface area contributed by atoms with Gasteiger partial charge in [0.15, 0.2) is 17.6 Å². The highest BCUT2D eigenvalue weighted by molar-refractivity contribution is 6.04. The van der Waals surface area contributed by atoms with Crippen LogP contribution in [0.15, 0.2) is 85.5 Å². The van der Waals surface area contributed by atoms with Gasteiger partial charge in [-0.05, 0) is 48.5 Å². The van der Waals surface area contributed by atoms with E-state index in [1.807, 2.05) is 65.5 Å². The molecule has 7 heteroatoms. The second-order valence-electron chi connectivity index (χ2n) is 7.04. The fourth-order valence-electron chi connectivity index (χ4n) is 3.38. The van der Waals surface area contributed by atoms with Crippen LogP contribution in [-0.4, -0.2) is 33.0 Å². The largest absolute Gasteiger partial charge is 0.486 e. The molecule has 1 aliphatic heterocycles. The predicted molar refractivity (Wildman–Crippen MR) is 112 cm³/mol. The predicted octanol–water partition coefficient (Wildman–Crippen LogP) is 3.77. The number of nitrogens with one attached hydrogen (secondary N) is 1. The molecule has 0 saturated carbocycles. The molecule has 2 aromatic heterocycles. The summed E-state index contributed by atoms with van der Waals surface area (Å²) < 4.78 is 15.4. The number of anilines is 1. The first-order valence-corrected chi connectivity index (χ1v) is 9.70. The maximum absolute atomic E-state index is 12.5. The van der Waals surface area contributed by atoms with Gasteiger partial charge in [0, 0.05) is 29.8 Å². The van der Waals surface area contributed by atoms with E-state index in [-0.39, 0.29) is 12.0 Å². The summed E-state index contributed by atoms with van der Waals surface area (Å²) in [5, 5.41) is 7.21. The number of para-hydroxylation sites is 2. The Balaban J connectivity index is 1.20. The molecule has 30 heavy (non-hydrogen) atoms. The van der Waals surface area contributed by atoms with Gasteiger partial charge in [0.25, 0.3) is 5.91 Å². The van der Waals surface area contributed by atoms with Crippen molar-refractivity contribution in [1.82, 2.24) is 14.3 Å². The van der Waals surface area contributed by atoms with Crippen molar-refractivity contribution in [2.45, 2.75) is 12.6 Å². The number of amides is 1. The third-order valence-corrected chi connectivity index (χ3v) is 4.88. The highest BCUT2D eigenvalue weighted by atomic mass is 16.6. The molecular weight excluding hydrogens is 380 g/mol. The zero-order chi connectivity index (χ0) is 20.3. The lowest BCUT2D eigenvalue weighted by Gasteiger charge is -2.26. The van der Waals surface area contributed by atoms with E-state index in [4.69, 9.17) is 9.47 Å². The van der Waals surface area contributed by atoms with E-state index in [0.717, 1.165) is 17.2 Å². The molecule has 2 aromatic carbocycles. The van der Waals surface area contributed by atoms with Gasteiger partial charge in [0.1, 0.15) is 6.61 Å². The molecule has 1 amide bonds. The quantitative estimate of drug-likeness (QED) is 0.554. The third-order valence-electron chi connectivity index (χ3n) is 4.88. The third kappa shape index (κ3) is 3.77. The first-order chi connectivity index (χ1) is 14.7. The van der Waals surface area contributed by atoms with Crippen LogP contribution < -0.4 is 14.8 Å². The minimum Gasteiger partial charge on any atom is -0.486 e. The molecule has 1 N–H and O–H groups in total. The number of benzene rings is 2. The Morgan fingerprint density at radius 2 is 1.80 bits per heavy atom. The second-order valence-corrected chi connectivity index (χ2v) is 7.04. The second kappa shape index (κ2) is 7.79. The lowest BCUT2D eigenvalue weighted by Crippen LogP contribution is -2.33. The van der Waals surface area contributed by atoms with E-state index in [2.05, 4.69) is 10.4 Å². The average Bonchev–Trinajstić information content (AvgIpc) is 3.46. The van der Waals surface area contributed by atoms with Crippen LogP contribution in [0.3, 0.4) is 0 Å². The van der Waals surface area contributed by atoms with Crippen LogP contribution in [0.5, 0.6) is 11.5 Å². The summed E-state index contributed by atoms with van der Waals surface area (Å²) in [5.74, 6) is 1.31. The van der Waals surface area contributed by atoms with Crippen molar-refractivity contribution in [3.05, 3.63) is 91.0 Å². The molecule has 0 unspecified atom stereocenters. The van der Waals surface area contributed by atoms with Crippen LogP contribution in [0.2, 0.25) is 0 Å². The Morgan fingerprint density at radius 3 is 2.60 bits per heavy atom.